The van der Waals surface area contributed by atoms with Crippen molar-refractivity contribution in [2.24, 2.45) is 0 Å². The van der Waals surface area contributed by atoms with Gasteiger partial charge in [-0.15, -0.1) is 0 Å². The first-order valence-corrected chi connectivity index (χ1v) is 8.78. The van der Waals surface area contributed by atoms with Crippen LogP contribution in [0.4, 0.5) is 11.5 Å². The van der Waals surface area contributed by atoms with E-state index in [4.69, 9.17) is 0 Å². The van der Waals surface area contributed by atoms with Gasteiger partial charge >= 0.3 is 0 Å². The molecule has 24 heavy (non-hydrogen) atoms. The van der Waals surface area contributed by atoms with Crippen LogP contribution in [0.1, 0.15) is 36.8 Å². The molecular formula is C20H25N3O. The molecule has 1 N–H and O–H groups in total. The normalized spacial score (nSPS) is 15.0. The van der Waals surface area contributed by atoms with Crippen molar-refractivity contribution in [2.75, 3.05) is 23.3 Å². The summed E-state index contributed by atoms with van der Waals surface area (Å²) >= 11 is 0. The van der Waals surface area contributed by atoms with E-state index in [2.05, 4.69) is 15.2 Å². The number of pyridine rings is 1. The van der Waals surface area contributed by atoms with Gasteiger partial charge in [0.15, 0.2) is 0 Å². The van der Waals surface area contributed by atoms with Gasteiger partial charge in [0, 0.05) is 13.1 Å². The lowest BCUT2D eigenvalue weighted by Crippen LogP contribution is -2.24. The number of benzene rings is 1. The number of anilines is 2. The van der Waals surface area contributed by atoms with Crippen LogP contribution >= 0.6 is 0 Å². The number of aromatic nitrogens is 1. The Hall–Kier alpha value is -2.36. The second-order valence-corrected chi connectivity index (χ2v) is 6.46. The molecule has 0 radical (unpaired) electrons. The van der Waals surface area contributed by atoms with Gasteiger partial charge in [-0.3, -0.25) is 4.79 Å². The number of carbonyl (C=O) groups is 1. The van der Waals surface area contributed by atoms with E-state index in [9.17, 15) is 4.79 Å². The van der Waals surface area contributed by atoms with Crippen molar-refractivity contribution in [3.63, 3.8) is 0 Å². The van der Waals surface area contributed by atoms with E-state index in [0.717, 1.165) is 35.7 Å². The summed E-state index contributed by atoms with van der Waals surface area (Å²) in [6.07, 6.45) is 7.23. The van der Waals surface area contributed by atoms with Crippen LogP contribution in [0.3, 0.4) is 0 Å². The topological polar surface area (TPSA) is 45.2 Å². The number of hydrogen-bond donors (Lipinski definition) is 1. The summed E-state index contributed by atoms with van der Waals surface area (Å²) in [5, 5.41) is 2.94. The van der Waals surface area contributed by atoms with E-state index in [1.54, 1.807) is 6.20 Å². The summed E-state index contributed by atoms with van der Waals surface area (Å²) < 4.78 is 0. The molecule has 1 aromatic carbocycles. The van der Waals surface area contributed by atoms with Gasteiger partial charge in [0.2, 0.25) is 5.91 Å². The zero-order valence-electron chi connectivity index (χ0n) is 14.3. The molecule has 0 spiro atoms. The standard InChI is InChI=1S/C20H25N3O/c1-16-8-4-5-9-17(16)14-20(24)22-18-10-11-19(21-15-18)23-12-6-2-3-7-13-23/h4-5,8-11,15H,2-3,6-7,12-14H2,1H3,(H,22,24). The average molecular weight is 323 g/mol. The van der Waals surface area contributed by atoms with Crippen LogP contribution in [0, 0.1) is 6.92 Å². The predicted molar refractivity (Wildman–Crippen MR) is 98.4 cm³/mol. The highest BCUT2D eigenvalue weighted by Crippen LogP contribution is 2.19. The van der Waals surface area contributed by atoms with Gasteiger partial charge < -0.3 is 10.2 Å². The summed E-state index contributed by atoms with van der Waals surface area (Å²) in [5.74, 6) is 1.00. The van der Waals surface area contributed by atoms with Crippen molar-refractivity contribution < 1.29 is 4.79 Å². The van der Waals surface area contributed by atoms with Crippen molar-refractivity contribution in [2.45, 2.75) is 39.0 Å². The third kappa shape index (κ3) is 4.34. The first-order valence-electron chi connectivity index (χ1n) is 8.78. The molecular weight excluding hydrogens is 298 g/mol. The number of nitrogens with zero attached hydrogens (tertiary/aromatic N) is 2. The monoisotopic (exact) mass is 323 g/mol. The summed E-state index contributed by atoms with van der Waals surface area (Å²) in [6, 6.07) is 11.9. The summed E-state index contributed by atoms with van der Waals surface area (Å²) in [7, 11) is 0. The van der Waals surface area contributed by atoms with Gasteiger partial charge in [-0.05, 0) is 43.0 Å². The number of hydrogen-bond acceptors (Lipinski definition) is 3. The molecule has 4 heteroatoms. The van der Waals surface area contributed by atoms with Gasteiger partial charge in [-0.25, -0.2) is 4.98 Å². The smallest absolute Gasteiger partial charge is 0.228 e. The van der Waals surface area contributed by atoms with Crippen molar-refractivity contribution in [3.05, 3.63) is 53.7 Å². The van der Waals surface area contributed by atoms with Crippen LogP contribution in [0.25, 0.3) is 0 Å². The summed E-state index contributed by atoms with van der Waals surface area (Å²) in [4.78, 5) is 19.1. The molecule has 0 atom stereocenters. The molecule has 4 nitrogen and oxygen atoms in total. The maximum atomic E-state index is 12.2. The molecule has 126 valence electrons. The minimum atomic E-state index is -0.00591. The van der Waals surface area contributed by atoms with Crippen molar-refractivity contribution >= 4 is 17.4 Å². The van der Waals surface area contributed by atoms with Crippen LogP contribution in [0.2, 0.25) is 0 Å². The fourth-order valence-electron chi connectivity index (χ4n) is 3.13. The molecule has 2 heterocycles. The van der Waals surface area contributed by atoms with E-state index >= 15 is 0 Å². The van der Waals surface area contributed by atoms with E-state index in [0.29, 0.717) is 6.42 Å². The van der Waals surface area contributed by atoms with Crippen molar-refractivity contribution in [1.29, 1.82) is 0 Å². The third-order valence-corrected chi connectivity index (χ3v) is 4.57. The summed E-state index contributed by atoms with van der Waals surface area (Å²) in [5.41, 5.74) is 2.96. The molecule has 0 bridgehead atoms. The lowest BCUT2D eigenvalue weighted by atomic mass is 10.1. The number of nitrogens with one attached hydrogen (secondary N) is 1. The molecule has 1 aliphatic heterocycles. The second kappa shape index (κ2) is 7.95. The maximum absolute atomic E-state index is 12.2. The van der Waals surface area contributed by atoms with Gasteiger partial charge in [0.25, 0.3) is 0 Å². The largest absolute Gasteiger partial charge is 0.357 e. The zero-order chi connectivity index (χ0) is 16.8. The molecule has 1 aliphatic rings. The highest BCUT2D eigenvalue weighted by molar-refractivity contribution is 5.92. The SMILES string of the molecule is Cc1ccccc1CC(=O)Nc1ccc(N2CCCCCC2)nc1. The molecule has 1 aromatic heterocycles. The Bertz CT molecular complexity index is 674. The number of amides is 1. The van der Waals surface area contributed by atoms with Crippen molar-refractivity contribution in [3.8, 4) is 0 Å². The van der Waals surface area contributed by atoms with Crippen molar-refractivity contribution in [1.82, 2.24) is 4.98 Å². The zero-order valence-corrected chi connectivity index (χ0v) is 14.3. The maximum Gasteiger partial charge on any atom is 0.228 e. The molecule has 3 rings (SSSR count). The molecule has 1 amide bonds. The Morgan fingerprint density at radius 1 is 1.08 bits per heavy atom. The number of aryl methyl sites for hydroxylation is 1. The Morgan fingerprint density at radius 2 is 1.83 bits per heavy atom. The van der Waals surface area contributed by atoms with Crippen LogP contribution in [0.15, 0.2) is 42.6 Å². The van der Waals surface area contributed by atoms with E-state index in [1.165, 1.54) is 25.7 Å². The molecule has 0 unspecified atom stereocenters. The molecule has 1 saturated heterocycles. The molecule has 0 saturated carbocycles. The lowest BCUT2D eigenvalue weighted by Gasteiger charge is -2.21. The average Bonchev–Trinajstić information content (AvgIpc) is 2.87. The van der Waals surface area contributed by atoms with Crippen LogP contribution in [0.5, 0.6) is 0 Å². The highest BCUT2D eigenvalue weighted by Gasteiger charge is 2.11. The van der Waals surface area contributed by atoms with E-state index in [-0.39, 0.29) is 5.91 Å². The van der Waals surface area contributed by atoms with E-state index < -0.39 is 0 Å². The quantitative estimate of drug-likeness (QED) is 0.926. The lowest BCUT2D eigenvalue weighted by molar-refractivity contribution is -0.115. The number of carbonyl (C=O) groups excluding carboxylic acids is 1. The van der Waals surface area contributed by atoms with Crippen LogP contribution < -0.4 is 10.2 Å². The highest BCUT2D eigenvalue weighted by atomic mass is 16.1. The molecule has 2 aromatic rings. The molecule has 0 aliphatic carbocycles. The van der Waals surface area contributed by atoms with Gasteiger partial charge in [0.1, 0.15) is 5.82 Å². The van der Waals surface area contributed by atoms with E-state index in [1.807, 2.05) is 43.3 Å². The Balaban J connectivity index is 1.59. The van der Waals surface area contributed by atoms with Crippen LogP contribution in [-0.2, 0) is 11.2 Å². The van der Waals surface area contributed by atoms with Gasteiger partial charge in [-0.1, -0.05) is 37.1 Å². The Labute approximate surface area is 143 Å². The van der Waals surface area contributed by atoms with Gasteiger partial charge in [0.05, 0.1) is 18.3 Å². The third-order valence-electron chi connectivity index (χ3n) is 4.57. The minimum absolute atomic E-state index is 0.00591. The Kier molecular flexibility index (Phi) is 5.47. The van der Waals surface area contributed by atoms with Gasteiger partial charge in [-0.2, -0.15) is 0 Å². The fraction of sp³-hybridized carbons (Fsp3) is 0.400. The predicted octanol–water partition coefficient (Wildman–Crippen LogP) is 3.95. The first kappa shape index (κ1) is 16.5. The number of rotatable bonds is 4. The Morgan fingerprint density at radius 3 is 2.50 bits per heavy atom. The second-order valence-electron chi connectivity index (χ2n) is 6.46. The first-order chi connectivity index (χ1) is 11.7. The van der Waals surface area contributed by atoms with Crippen LogP contribution in [-0.4, -0.2) is 24.0 Å². The summed E-state index contributed by atoms with van der Waals surface area (Å²) in [6.45, 7) is 4.18. The molecule has 1 fully saturated rings. The minimum Gasteiger partial charge on any atom is -0.357 e. The fourth-order valence-corrected chi connectivity index (χ4v) is 3.13.